The Hall–Kier alpha value is -3.99. The summed E-state index contributed by atoms with van der Waals surface area (Å²) < 4.78 is 0. The van der Waals surface area contributed by atoms with E-state index in [1.165, 1.54) is 28.5 Å². The Balaban J connectivity index is 1.51. The zero-order chi connectivity index (χ0) is 22.7. The first kappa shape index (κ1) is 21.2. The van der Waals surface area contributed by atoms with Crippen molar-refractivity contribution in [1.29, 1.82) is 0 Å². The molecule has 0 radical (unpaired) electrons. The maximum Gasteiger partial charge on any atom is 0.339 e. The van der Waals surface area contributed by atoms with Crippen molar-refractivity contribution in [3.63, 3.8) is 0 Å². The highest BCUT2D eigenvalue weighted by atomic mass is 16.4. The van der Waals surface area contributed by atoms with Crippen LogP contribution in [-0.4, -0.2) is 26.4 Å². The highest BCUT2D eigenvalue weighted by molar-refractivity contribution is 5.90. The van der Waals surface area contributed by atoms with E-state index in [0.29, 0.717) is 19.3 Å². The summed E-state index contributed by atoms with van der Waals surface area (Å²) in [6.07, 6.45) is 2.62. The van der Waals surface area contributed by atoms with Gasteiger partial charge in [-0.2, -0.15) is 0 Å². The zero-order valence-corrected chi connectivity index (χ0v) is 17.5. The van der Waals surface area contributed by atoms with Gasteiger partial charge in [0.25, 0.3) is 0 Å². The molecule has 0 saturated heterocycles. The molecule has 0 aliphatic rings. The molecule has 162 valence electrons. The molecule has 0 heterocycles. The largest absolute Gasteiger partial charge is 0.507 e. The van der Waals surface area contributed by atoms with Gasteiger partial charge in [0.15, 0.2) is 11.5 Å². The molecule has 0 bridgehead atoms. The molecule has 0 aromatic heterocycles. The Kier molecular flexibility index (Phi) is 5.99. The van der Waals surface area contributed by atoms with Crippen molar-refractivity contribution in [3.05, 3.63) is 101 Å². The SMILES string of the molecule is O=C(O)c1ccc(CCc2cc(O)c(O)cc2CCc2ccc3ccccc3c2)cc1O. The molecule has 5 nitrogen and oxygen atoms in total. The summed E-state index contributed by atoms with van der Waals surface area (Å²) in [6.45, 7) is 0. The van der Waals surface area contributed by atoms with Crippen LogP contribution in [-0.2, 0) is 25.7 Å². The molecule has 4 aromatic carbocycles. The number of hydrogen-bond acceptors (Lipinski definition) is 4. The average Bonchev–Trinajstić information content (AvgIpc) is 2.78. The van der Waals surface area contributed by atoms with Gasteiger partial charge in [0, 0.05) is 0 Å². The van der Waals surface area contributed by atoms with Crippen molar-refractivity contribution >= 4 is 16.7 Å². The summed E-state index contributed by atoms with van der Waals surface area (Å²) in [6, 6.07) is 22.3. The number of aromatic carboxylic acids is 1. The van der Waals surface area contributed by atoms with E-state index in [-0.39, 0.29) is 22.8 Å². The fraction of sp³-hybridized carbons (Fsp3) is 0.148. The van der Waals surface area contributed by atoms with Gasteiger partial charge in [-0.15, -0.1) is 0 Å². The van der Waals surface area contributed by atoms with Gasteiger partial charge in [0.1, 0.15) is 11.3 Å². The Morgan fingerprint density at radius 1 is 0.594 bits per heavy atom. The lowest BCUT2D eigenvalue weighted by molar-refractivity contribution is 0.0693. The topological polar surface area (TPSA) is 98.0 Å². The lowest BCUT2D eigenvalue weighted by Crippen LogP contribution is -2.01. The molecular weight excluding hydrogens is 404 g/mol. The molecule has 4 aromatic rings. The smallest absolute Gasteiger partial charge is 0.339 e. The van der Waals surface area contributed by atoms with Crippen LogP contribution in [0.1, 0.15) is 32.6 Å². The van der Waals surface area contributed by atoms with Gasteiger partial charge in [-0.05, 0) is 83.0 Å². The van der Waals surface area contributed by atoms with E-state index < -0.39 is 5.97 Å². The van der Waals surface area contributed by atoms with Crippen molar-refractivity contribution in [3.8, 4) is 17.2 Å². The first-order chi connectivity index (χ1) is 15.4. The van der Waals surface area contributed by atoms with Crippen LogP contribution in [0.3, 0.4) is 0 Å². The number of phenols is 3. The van der Waals surface area contributed by atoms with Crippen LogP contribution in [0.4, 0.5) is 0 Å². The van der Waals surface area contributed by atoms with E-state index in [1.54, 1.807) is 18.2 Å². The lowest BCUT2D eigenvalue weighted by atomic mass is 9.94. The summed E-state index contributed by atoms with van der Waals surface area (Å²) in [5, 5.41) is 41.4. The third kappa shape index (κ3) is 4.67. The summed E-state index contributed by atoms with van der Waals surface area (Å²) in [4.78, 5) is 11.1. The van der Waals surface area contributed by atoms with Crippen LogP contribution in [0.2, 0.25) is 0 Å². The second kappa shape index (κ2) is 9.02. The summed E-state index contributed by atoms with van der Waals surface area (Å²) in [5.74, 6) is -1.75. The zero-order valence-electron chi connectivity index (χ0n) is 17.5. The minimum absolute atomic E-state index is 0.132. The monoisotopic (exact) mass is 428 g/mol. The third-order valence-electron chi connectivity index (χ3n) is 5.77. The molecule has 0 spiro atoms. The Morgan fingerprint density at radius 3 is 1.75 bits per heavy atom. The quantitative estimate of drug-likeness (QED) is 0.302. The number of aromatic hydroxyl groups is 3. The van der Waals surface area contributed by atoms with Crippen LogP contribution in [0.5, 0.6) is 17.2 Å². The van der Waals surface area contributed by atoms with Crippen molar-refractivity contribution in [2.45, 2.75) is 25.7 Å². The molecule has 0 amide bonds. The van der Waals surface area contributed by atoms with Gasteiger partial charge in [0.2, 0.25) is 0 Å². The van der Waals surface area contributed by atoms with E-state index >= 15 is 0 Å². The highest BCUT2D eigenvalue weighted by Crippen LogP contribution is 2.30. The molecule has 0 atom stereocenters. The van der Waals surface area contributed by atoms with Crippen molar-refractivity contribution < 1.29 is 25.2 Å². The van der Waals surface area contributed by atoms with Crippen LogP contribution >= 0.6 is 0 Å². The van der Waals surface area contributed by atoms with Gasteiger partial charge in [-0.3, -0.25) is 0 Å². The molecule has 0 aliphatic heterocycles. The number of carboxylic acid groups (broad SMARTS) is 1. The Morgan fingerprint density at radius 2 is 1.16 bits per heavy atom. The predicted octanol–water partition coefficient (Wildman–Crippen LogP) is 5.23. The van der Waals surface area contributed by atoms with Gasteiger partial charge < -0.3 is 20.4 Å². The molecule has 4 N–H and O–H groups in total. The van der Waals surface area contributed by atoms with Crippen LogP contribution in [0.25, 0.3) is 10.8 Å². The average molecular weight is 428 g/mol. The molecule has 32 heavy (non-hydrogen) atoms. The maximum absolute atomic E-state index is 11.1. The molecule has 0 aliphatic carbocycles. The van der Waals surface area contributed by atoms with E-state index in [1.807, 2.05) is 12.1 Å². The second-order valence-corrected chi connectivity index (χ2v) is 7.95. The number of aryl methyl sites for hydroxylation is 4. The standard InChI is InChI=1S/C27H24O5/c28-24-14-18(8-12-23(24)27(31)32)7-11-22-16-26(30)25(29)15-21(22)10-6-17-5-9-19-3-1-2-4-20(19)13-17/h1-5,8-9,12-16,28-30H,6-7,10-11H2,(H,31,32). The number of fused-ring (bicyclic) bond motifs is 1. The van der Waals surface area contributed by atoms with Gasteiger partial charge in [-0.25, -0.2) is 4.79 Å². The number of hydrogen-bond donors (Lipinski definition) is 4. The summed E-state index contributed by atoms with van der Waals surface area (Å²) >= 11 is 0. The molecular formula is C27H24O5. The van der Waals surface area contributed by atoms with Crippen molar-refractivity contribution in [2.24, 2.45) is 0 Å². The molecule has 0 unspecified atom stereocenters. The number of benzene rings is 4. The number of phenolic OH excluding ortho intramolecular Hbond substituents is 2. The van der Waals surface area contributed by atoms with Crippen molar-refractivity contribution in [1.82, 2.24) is 0 Å². The first-order valence-electron chi connectivity index (χ1n) is 10.5. The Labute approximate surface area is 185 Å². The highest BCUT2D eigenvalue weighted by Gasteiger charge is 2.12. The molecule has 0 saturated carbocycles. The van der Waals surface area contributed by atoms with Gasteiger partial charge in [-0.1, -0.05) is 48.5 Å². The number of carbonyl (C=O) groups is 1. The van der Waals surface area contributed by atoms with E-state index in [9.17, 15) is 20.1 Å². The lowest BCUT2D eigenvalue weighted by Gasteiger charge is -2.13. The second-order valence-electron chi connectivity index (χ2n) is 7.95. The summed E-state index contributed by atoms with van der Waals surface area (Å²) in [5.41, 5.74) is 3.70. The Bertz CT molecular complexity index is 1290. The predicted molar refractivity (Wildman–Crippen MR) is 124 cm³/mol. The number of carboxylic acids is 1. The normalized spacial score (nSPS) is 11.0. The minimum Gasteiger partial charge on any atom is -0.507 e. The van der Waals surface area contributed by atoms with Crippen LogP contribution < -0.4 is 0 Å². The van der Waals surface area contributed by atoms with Gasteiger partial charge >= 0.3 is 5.97 Å². The minimum atomic E-state index is -1.17. The van der Waals surface area contributed by atoms with E-state index in [2.05, 4.69) is 30.3 Å². The molecule has 5 heteroatoms. The fourth-order valence-corrected chi connectivity index (χ4v) is 3.99. The molecule has 4 rings (SSSR count). The number of rotatable bonds is 7. The van der Waals surface area contributed by atoms with E-state index in [4.69, 9.17) is 5.11 Å². The maximum atomic E-state index is 11.1. The third-order valence-corrected chi connectivity index (χ3v) is 5.77. The summed E-state index contributed by atoms with van der Waals surface area (Å²) in [7, 11) is 0. The fourth-order valence-electron chi connectivity index (χ4n) is 3.99. The molecule has 0 fully saturated rings. The first-order valence-corrected chi connectivity index (χ1v) is 10.5. The van der Waals surface area contributed by atoms with Crippen molar-refractivity contribution in [2.75, 3.05) is 0 Å². The van der Waals surface area contributed by atoms with Crippen LogP contribution in [0, 0.1) is 0 Å². The van der Waals surface area contributed by atoms with E-state index in [0.717, 1.165) is 23.1 Å². The van der Waals surface area contributed by atoms with Gasteiger partial charge in [0.05, 0.1) is 0 Å². The van der Waals surface area contributed by atoms with Crippen LogP contribution in [0.15, 0.2) is 72.8 Å².